The van der Waals surface area contributed by atoms with Gasteiger partial charge in [-0.1, -0.05) is 49.6 Å². The number of benzene rings is 2. The third-order valence-electron chi connectivity index (χ3n) is 6.06. The number of non-ortho nitro benzene ring substituents is 1. The first-order valence-corrected chi connectivity index (χ1v) is 12.6. The number of nitro groups is 1. The molecule has 2 amide bonds. The summed E-state index contributed by atoms with van der Waals surface area (Å²) in [5.41, 5.74) is 1.22. The van der Waals surface area contributed by atoms with Crippen LogP contribution in [0, 0.1) is 15.9 Å². The van der Waals surface area contributed by atoms with Crippen LogP contribution in [0.3, 0.4) is 0 Å². The maximum atomic E-state index is 14.3. The zero-order chi connectivity index (χ0) is 24.5. The van der Waals surface area contributed by atoms with Gasteiger partial charge < -0.3 is 10.2 Å². The van der Waals surface area contributed by atoms with Crippen LogP contribution in [-0.2, 0) is 21.9 Å². The Balaban J connectivity index is 1.65. The Hall–Kier alpha value is -2.94. The second-order valence-corrected chi connectivity index (χ2v) is 9.53. The summed E-state index contributed by atoms with van der Waals surface area (Å²) >= 11 is 1.35. The van der Waals surface area contributed by atoms with Crippen LogP contribution in [0.15, 0.2) is 48.5 Å². The quantitative estimate of drug-likeness (QED) is 0.383. The fourth-order valence-corrected chi connectivity index (χ4v) is 4.89. The molecule has 1 aliphatic rings. The van der Waals surface area contributed by atoms with Crippen LogP contribution in [-0.4, -0.2) is 39.5 Å². The fourth-order valence-electron chi connectivity index (χ4n) is 4.01. The molecular weight excluding hydrogens is 457 g/mol. The van der Waals surface area contributed by atoms with E-state index in [1.165, 1.54) is 41.3 Å². The summed E-state index contributed by atoms with van der Waals surface area (Å²) in [6.45, 7) is 1.68. The third-order valence-corrected chi connectivity index (χ3v) is 7.05. The van der Waals surface area contributed by atoms with Crippen LogP contribution >= 0.6 is 11.8 Å². The molecule has 0 saturated heterocycles. The molecule has 34 heavy (non-hydrogen) atoms. The SMILES string of the molecule is C[C@H](C(=O)NC1CCCCC1)N(Cc1ccccc1F)C(=O)CSCc1ccc([N+](=O)[O-])cc1. The number of nitrogens with one attached hydrogen (secondary N) is 1. The van der Waals surface area contributed by atoms with Crippen molar-refractivity contribution in [2.24, 2.45) is 0 Å². The molecule has 0 bridgehead atoms. The molecule has 0 aliphatic heterocycles. The molecule has 1 saturated carbocycles. The lowest BCUT2D eigenvalue weighted by Gasteiger charge is -2.31. The Morgan fingerprint density at radius 1 is 1.15 bits per heavy atom. The van der Waals surface area contributed by atoms with Gasteiger partial charge in [-0.05, 0) is 31.4 Å². The van der Waals surface area contributed by atoms with Gasteiger partial charge in [-0.3, -0.25) is 19.7 Å². The van der Waals surface area contributed by atoms with Crippen LogP contribution in [0.2, 0.25) is 0 Å². The van der Waals surface area contributed by atoms with Gasteiger partial charge in [0.15, 0.2) is 0 Å². The number of nitro benzene ring substituents is 1. The van der Waals surface area contributed by atoms with E-state index in [0.717, 1.165) is 31.2 Å². The lowest BCUT2D eigenvalue weighted by Crippen LogP contribution is -2.51. The average molecular weight is 488 g/mol. The van der Waals surface area contributed by atoms with Gasteiger partial charge in [-0.2, -0.15) is 0 Å². The molecule has 2 aromatic rings. The van der Waals surface area contributed by atoms with Crippen molar-refractivity contribution in [1.29, 1.82) is 0 Å². The Labute approximate surface area is 203 Å². The molecule has 3 rings (SSSR count). The zero-order valence-electron chi connectivity index (χ0n) is 19.2. The number of carbonyl (C=O) groups is 2. The predicted molar refractivity (Wildman–Crippen MR) is 131 cm³/mol. The Morgan fingerprint density at radius 2 is 1.82 bits per heavy atom. The van der Waals surface area contributed by atoms with Crippen LogP contribution in [0.25, 0.3) is 0 Å². The van der Waals surface area contributed by atoms with Crippen LogP contribution in [0.1, 0.15) is 50.2 Å². The molecule has 1 aliphatic carbocycles. The highest BCUT2D eigenvalue weighted by Crippen LogP contribution is 2.21. The number of hydrogen-bond donors (Lipinski definition) is 1. The van der Waals surface area contributed by atoms with E-state index in [1.54, 1.807) is 37.3 Å². The maximum absolute atomic E-state index is 14.3. The predicted octanol–water partition coefficient (Wildman–Crippen LogP) is 4.83. The molecule has 0 unspecified atom stereocenters. The molecule has 182 valence electrons. The third kappa shape index (κ3) is 7.28. The number of halogens is 1. The molecule has 1 N–H and O–H groups in total. The van der Waals surface area contributed by atoms with E-state index < -0.39 is 16.8 Å². The molecule has 0 spiro atoms. The molecule has 0 aromatic heterocycles. The molecule has 1 atom stereocenters. The monoisotopic (exact) mass is 487 g/mol. The lowest BCUT2D eigenvalue weighted by atomic mass is 9.95. The molecule has 9 heteroatoms. The van der Waals surface area contributed by atoms with Crippen molar-refractivity contribution in [3.8, 4) is 0 Å². The minimum Gasteiger partial charge on any atom is -0.352 e. The average Bonchev–Trinajstić information content (AvgIpc) is 2.84. The van der Waals surface area contributed by atoms with Crippen LogP contribution in [0.4, 0.5) is 10.1 Å². The van der Waals surface area contributed by atoms with Crippen molar-refractivity contribution < 1.29 is 18.9 Å². The summed E-state index contributed by atoms with van der Waals surface area (Å²) in [4.78, 5) is 37.9. The second kappa shape index (κ2) is 12.5. The molecule has 0 heterocycles. The van der Waals surface area contributed by atoms with Crippen molar-refractivity contribution >= 4 is 29.3 Å². The zero-order valence-corrected chi connectivity index (χ0v) is 20.1. The number of hydrogen-bond acceptors (Lipinski definition) is 5. The van der Waals surface area contributed by atoms with Gasteiger partial charge in [0.05, 0.1) is 10.7 Å². The molecule has 0 radical (unpaired) electrons. The highest BCUT2D eigenvalue weighted by molar-refractivity contribution is 7.99. The second-order valence-electron chi connectivity index (χ2n) is 8.55. The van der Waals surface area contributed by atoms with Gasteiger partial charge in [0, 0.05) is 36.0 Å². The van der Waals surface area contributed by atoms with Crippen molar-refractivity contribution in [3.05, 3.63) is 75.6 Å². The van der Waals surface area contributed by atoms with Crippen molar-refractivity contribution in [1.82, 2.24) is 10.2 Å². The Bertz CT molecular complexity index is 996. The smallest absolute Gasteiger partial charge is 0.269 e. The summed E-state index contributed by atoms with van der Waals surface area (Å²) < 4.78 is 14.3. The van der Waals surface area contributed by atoms with E-state index in [0.29, 0.717) is 11.3 Å². The first-order valence-electron chi connectivity index (χ1n) is 11.5. The first kappa shape index (κ1) is 25.7. The first-order chi connectivity index (χ1) is 16.3. The number of amides is 2. The number of nitrogens with zero attached hydrogens (tertiary/aromatic N) is 2. The van der Waals surface area contributed by atoms with E-state index in [2.05, 4.69) is 5.32 Å². The van der Waals surface area contributed by atoms with E-state index in [9.17, 15) is 24.1 Å². The van der Waals surface area contributed by atoms with Gasteiger partial charge in [-0.25, -0.2) is 4.39 Å². The Kier molecular flexibility index (Phi) is 9.44. The van der Waals surface area contributed by atoms with E-state index >= 15 is 0 Å². The largest absolute Gasteiger partial charge is 0.352 e. The molecule has 2 aromatic carbocycles. The lowest BCUT2D eigenvalue weighted by molar-refractivity contribution is -0.384. The highest BCUT2D eigenvalue weighted by atomic mass is 32.2. The summed E-state index contributed by atoms with van der Waals surface area (Å²) in [7, 11) is 0. The summed E-state index contributed by atoms with van der Waals surface area (Å²) in [5, 5.41) is 13.9. The molecule has 1 fully saturated rings. The summed E-state index contributed by atoms with van der Waals surface area (Å²) in [5.74, 6) is -0.316. The molecular formula is C25H30FN3O4S. The van der Waals surface area contributed by atoms with Crippen molar-refractivity contribution in [2.45, 2.75) is 63.4 Å². The van der Waals surface area contributed by atoms with Gasteiger partial charge in [0.25, 0.3) is 5.69 Å². The highest BCUT2D eigenvalue weighted by Gasteiger charge is 2.28. The summed E-state index contributed by atoms with van der Waals surface area (Å²) in [6.07, 6.45) is 5.20. The van der Waals surface area contributed by atoms with Gasteiger partial charge in [0.2, 0.25) is 11.8 Å². The standard InChI is InChI=1S/C25H30FN3O4S/c1-18(25(31)27-21-8-3-2-4-9-21)28(15-20-7-5-6-10-23(20)26)24(30)17-34-16-19-11-13-22(14-12-19)29(32)33/h5-7,10-14,18,21H,2-4,8-9,15-17H2,1H3,(H,27,31)/t18-/m1/s1. The topological polar surface area (TPSA) is 92.6 Å². The molecule has 7 nitrogen and oxygen atoms in total. The van der Waals surface area contributed by atoms with Crippen LogP contribution in [0.5, 0.6) is 0 Å². The van der Waals surface area contributed by atoms with E-state index in [1.807, 2.05) is 0 Å². The Morgan fingerprint density at radius 3 is 2.47 bits per heavy atom. The number of carbonyl (C=O) groups excluding carboxylic acids is 2. The van der Waals surface area contributed by atoms with E-state index in [4.69, 9.17) is 0 Å². The number of rotatable bonds is 10. The van der Waals surface area contributed by atoms with Crippen molar-refractivity contribution in [2.75, 3.05) is 5.75 Å². The normalized spacial score (nSPS) is 14.9. The van der Waals surface area contributed by atoms with Crippen LogP contribution < -0.4 is 5.32 Å². The van der Waals surface area contributed by atoms with Gasteiger partial charge in [0.1, 0.15) is 11.9 Å². The van der Waals surface area contributed by atoms with Gasteiger partial charge >= 0.3 is 0 Å². The summed E-state index contributed by atoms with van der Waals surface area (Å²) in [6, 6.07) is 11.8. The van der Waals surface area contributed by atoms with E-state index in [-0.39, 0.29) is 35.8 Å². The maximum Gasteiger partial charge on any atom is 0.269 e. The minimum atomic E-state index is -0.742. The van der Waals surface area contributed by atoms with Crippen molar-refractivity contribution in [3.63, 3.8) is 0 Å². The fraction of sp³-hybridized carbons (Fsp3) is 0.440. The minimum absolute atomic E-state index is 0.00283. The van der Waals surface area contributed by atoms with Gasteiger partial charge in [-0.15, -0.1) is 11.8 Å². The number of thioether (sulfide) groups is 1.